The first kappa shape index (κ1) is 23.7. The minimum atomic E-state index is 0.0190. The predicted molar refractivity (Wildman–Crippen MR) is 146 cm³/mol. The molecule has 0 radical (unpaired) electrons. The number of H-pyrrole nitrogens is 1. The van der Waals surface area contributed by atoms with Crippen LogP contribution in [0, 0.1) is 19.8 Å². The van der Waals surface area contributed by atoms with Crippen molar-refractivity contribution in [2.45, 2.75) is 71.8 Å². The fraction of sp³-hybridized carbons (Fsp3) is 0.536. The number of fused-ring (bicyclic) bond motifs is 2. The number of pyridine rings is 1. The molecule has 6 heterocycles. The Morgan fingerprint density at radius 1 is 1.22 bits per heavy atom. The van der Waals surface area contributed by atoms with Crippen LogP contribution in [-0.4, -0.2) is 56.1 Å². The average Bonchev–Trinajstić information content (AvgIpc) is 3.63. The maximum absolute atomic E-state index is 13.0. The molecule has 0 bridgehead atoms. The normalized spacial score (nSPS) is 21.4. The topological polar surface area (TPSA) is 78.3 Å². The van der Waals surface area contributed by atoms with Gasteiger partial charge in [-0.25, -0.2) is 9.50 Å². The summed E-state index contributed by atoms with van der Waals surface area (Å²) in [5, 5.41) is 9.19. The lowest BCUT2D eigenvalue weighted by Gasteiger charge is -2.33. The van der Waals surface area contributed by atoms with Gasteiger partial charge in [0.2, 0.25) is 5.91 Å². The molecule has 6 rings (SSSR count). The molecule has 0 saturated carbocycles. The van der Waals surface area contributed by atoms with E-state index in [1.54, 1.807) is 6.33 Å². The van der Waals surface area contributed by atoms with Crippen molar-refractivity contribution < 1.29 is 4.79 Å². The molecule has 2 saturated heterocycles. The zero-order valence-electron chi connectivity index (χ0n) is 21.9. The SMILES string of the molecule is Cc1c(C2CCN(C(=O)[C@@H]3C[C@H](C)CN3)CC2)sc2[nH]c(-c3cc(C)c4ncnn4c3)c(C(C)C)c12. The number of hydrogen-bond acceptors (Lipinski definition) is 5. The van der Waals surface area contributed by atoms with Crippen LogP contribution >= 0.6 is 11.3 Å². The number of nitrogens with one attached hydrogen (secondary N) is 2. The minimum Gasteiger partial charge on any atom is -0.346 e. The molecule has 0 aromatic carbocycles. The third-order valence-electron chi connectivity index (χ3n) is 8.21. The fourth-order valence-corrected chi connectivity index (χ4v) is 7.75. The van der Waals surface area contributed by atoms with Crippen LogP contribution in [0.25, 0.3) is 27.1 Å². The Morgan fingerprint density at radius 2 is 2.00 bits per heavy atom. The third kappa shape index (κ3) is 3.86. The fourth-order valence-electron chi connectivity index (χ4n) is 6.36. The Bertz CT molecular complexity index is 1440. The van der Waals surface area contributed by atoms with Crippen molar-refractivity contribution in [2.75, 3.05) is 19.6 Å². The summed E-state index contributed by atoms with van der Waals surface area (Å²) < 4.78 is 1.87. The van der Waals surface area contributed by atoms with Gasteiger partial charge in [-0.2, -0.15) is 5.10 Å². The Labute approximate surface area is 216 Å². The second-order valence-corrected chi connectivity index (χ2v) is 12.3. The van der Waals surface area contributed by atoms with Gasteiger partial charge in [0.1, 0.15) is 11.2 Å². The van der Waals surface area contributed by atoms with Crippen molar-refractivity contribution in [3.05, 3.63) is 40.2 Å². The van der Waals surface area contributed by atoms with E-state index < -0.39 is 0 Å². The highest BCUT2D eigenvalue weighted by molar-refractivity contribution is 7.19. The molecule has 190 valence electrons. The minimum absolute atomic E-state index is 0.0190. The number of aryl methyl sites for hydroxylation is 2. The summed E-state index contributed by atoms with van der Waals surface area (Å²) in [6.07, 6.45) is 6.76. The highest BCUT2D eigenvalue weighted by Gasteiger charge is 2.34. The quantitative estimate of drug-likeness (QED) is 0.391. The maximum atomic E-state index is 13.0. The molecule has 2 atom stereocenters. The van der Waals surface area contributed by atoms with Gasteiger partial charge in [0.25, 0.3) is 0 Å². The maximum Gasteiger partial charge on any atom is 0.239 e. The van der Waals surface area contributed by atoms with Crippen molar-refractivity contribution in [2.24, 2.45) is 5.92 Å². The van der Waals surface area contributed by atoms with Gasteiger partial charge in [-0.15, -0.1) is 11.3 Å². The van der Waals surface area contributed by atoms with Gasteiger partial charge >= 0.3 is 0 Å². The van der Waals surface area contributed by atoms with Crippen LogP contribution in [0.3, 0.4) is 0 Å². The number of hydrogen-bond donors (Lipinski definition) is 2. The monoisotopic (exact) mass is 504 g/mol. The highest BCUT2D eigenvalue weighted by atomic mass is 32.1. The Kier molecular flexibility index (Phi) is 5.91. The van der Waals surface area contributed by atoms with Gasteiger partial charge in [-0.05, 0) is 80.2 Å². The van der Waals surface area contributed by atoms with Crippen LogP contribution in [0.1, 0.15) is 73.4 Å². The third-order valence-corrected chi connectivity index (χ3v) is 9.58. The van der Waals surface area contributed by atoms with Crippen molar-refractivity contribution in [1.82, 2.24) is 29.8 Å². The number of thiophene rings is 1. The van der Waals surface area contributed by atoms with Gasteiger partial charge in [0, 0.05) is 35.1 Å². The van der Waals surface area contributed by atoms with Gasteiger partial charge in [-0.3, -0.25) is 4.79 Å². The number of likely N-dealkylation sites (tertiary alicyclic amines) is 1. The molecule has 2 aliphatic heterocycles. The van der Waals surface area contributed by atoms with E-state index >= 15 is 0 Å². The van der Waals surface area contributed by atoms with Crippen molar-refractivity contribution in [3.63, 3.8) is 0 Å². The van der Waals surface area contributed by atoms with E-state index in [9.17, 15) is 4.79 Å². The molecular weight excluding hydrogens is 468 g/mol. The van der Waals surface area contributed by atoms with E-state index in [0.717, 1.165) is 55.7 Å². The summed E-state index contributed by atoms with van der Waals surface area (Å²) in [5.74, 6) is 1.81. The summed E-state index contributed by atoms with van der Waals surface area (Å²) in [6, 6.07) is 2.24. The number of nitrogens with zero attached hydrogens (tertiary/aromatic N) is 4. The van der Waals surface area contributed by atoms with E-state index in [2.05, 4.69) is 72.2 Å². The van der Waals surface area contributed by atoms with Crippen molar-refractivity contribution >= 4 is 33.1 Å². The van der Waals surface area contributed by atoms with Gasteiger partial charge in [-0.1, -0.05) is 20.8 Å². The molecule has 0 spiro atoms. The number of aromatic nitrogens is 4. The number of rotatable bonds is 4. The standard InChI is InChI=1S/C28H36N6OS/c1-15(2)22-23-18(5)25(19-6-8-33(9-7-19)28(35)21-10-16(3)12-29-21)36-27(23)32-24(22)20-11-17(4)26-30-14-31-34(26)13-20/h11,13-16,19,21,29,32H,6-10,12H2,1-5H3/t16-,21-/m0/s1. The van der Waals surface area contributed by atoms with E-state index in [-0.39, 0.29) is 6.04 Å². The lowest BCUT2D eigenvalue weighted by molar-refractivity contribution is -0.134. The van der Waals surface area contributed by atoms with Gasteiger partial charge < -0.3 is 15.2 Å². The number of piperidine rings is 1. The second kappa shape index (κ2) is 8.99. The molecular formula is C28H36N6OS. The molecule has 0 aliphatic carbocycles. The summed E-state index contributed by atoms with van der Waals surface area (Å²) in [4.78, 5) is 26.0. The van der Waals surface area contributed by atoms with Crippen LogP contribution in [-0.2, 0) is 4.79 Å². The molecule has 2 aliphatic rings. The molecule has 7 nitrogen and oxygen atoms in total. The Hall–Kier alpha value is -2.71. The number of aromatic amines is 1. The van der Waals surface area contributed by atoms with E-state index in [1.165, 1.54) is 31.9 Å². The molecule has 4 aromatic heterocycles. The zero-order chi connectivity index (χ0) is 25.1. The van der Waals surface area contributed by atoms with Gasteiger partial charge in [0.15, 0.2) is 5.65 Å². The van der Waals surface area contributed by atoms with E-state index in [4.69, 9.17) is 0 Å². The summed E-state index contributed by atoms with van der Waals surface area (Å²) in [5.41, 5.74) is 7.17. The van der Waals surface area contributed by atoms with Crippen LogP contribution < -0.4 is 5.32 Å². The molecule has 2 fully saturated rings. The zero-order valence-corrected chi connectivity index (χ0v) is 22.7. The molecule has 36 heavy (non-hydrogen) atoms. The van der Waals surface area contributed by atoms with E-state index in [1.807, 2.05) is 15.9 Å². The lowest BCUT2D eigenvalue weighted by Crippen LogP contribution is -2.46. The Morgan fingerprint density at radius 3 is 2.69 bits per heavy atom. The first-order valence-electron chi connectivity index (χ1n) is 13.3. The number of amides is 1. The average molecular weight is 505 g/mol. The highest BCUT2D eigenvalue weighted by Crippen LogP contribution is 2.46. The smallest absolute Gasteiger partial charge is 0.239 e. The van der Waals surface area contributed by atoms with Crippen LogP contribution in [0.4, 0.5) is 0 Å². The molecule has 0 unspecified atom stereocenters. The van der Waals surface area contributed by atoms with Crippen LogP contribution in [0.2, 0.25) is 0 Å². The second-order valence-electron chi connectivity index (χ2n) is 11.2. The summed E-state index contributed by atoms with van der Waals surface area (Å²) >= 11 is 1.92. The van der Waals surface area contributed by atoms with Crippen molar-refractivity contribution in [3.8, 4) is 11.3 Å². The number of carbonyl (C=O) groups excluding carboxylic acids is 1. The molecule has 1 amide bonds. The van der Waals surface area contributed by atoms with Crippen LogP contribution in [0.5, 0.6) is 0 Å². The number of carbonyl (C=O) groups is 1. The van der Waals surface area contributed by atoms with Gasteiger partial charge in [0.05, 0.1) is 11.7 Å². The van der Waals surface area contributed by atoms with Crippen molar-refractivity contribution in [1.29, 1.82) is 0 Å². The summed E-state index contributed by atoms with van der Waals surface area (Å²) in [6.45, 7) is 13.9. The summed E-state index contributed by atoms with van der Waals surface area (Å²) in [7, 11) is 0. The largest absolute Gasteiger partial charge is 0.346 e. The lowest BCUT2D eigenvalue weighted by atomic mass is 9.90. The van der Waals surface area contributed by atoms with E-state index in [0.29, 0.717) is 23.7 Å². The molecule has 2 N–H and O–H groups in total. The first-order chi connectivity index (χ1) is 17.3. The predicted octanol–water partition coefficient (Wildman–Crippen LogP) is 5.38. The molecule has 8 heteroatoms. The molecule has 4 aromatic rings. The Balaban J connectivity index is 1.29. The van der Waals surface area contributed by atoms with Crippen LogP contribution in [0.15, 0.2) is 18.6 Å². The first-order valence-corrected chi connectivity index (χ1v) is 14.1.